The van der Waals surface area contributed by atoms with Crippen molar-refractivity contribution in [3.63, 3.8) is 0 Å². The van der Waals surface area contributed by atoms with Crippen LogP contribution >= 0.6 is 24.0 Å². The van der Waals surface area contributed by atoms with Crippen LogP contribution in [0.15, 0.2) is 12.1 Å². The third kappa shape index (κ3) is 3.09. The smallest absolute Gasteiger partial charge is 0.127 e. The Bertz CT molecular complexity index is 544. The molecule has 0 amide bonds. The van der Waals surface area contributed by atoms with Gasteiger partial charge in [-0.25, -0.2) is 0 Å². The van der Waals surface area contributed by atoms with E-state index in [4.69, 9.17) is 16.3 Å². The van der Waals surface area contributed by atoms with Gasteiger partial charge < -0.3 is 10.1 Å². The molecule has 3 aliphatic heterocycles. The van der Waals surface area contributed by atoms with Crippen LogP contribution in [0.5, 0.6) is 5.75 Å². The SMILES string of the molecule is Cl.Clc1cc2c(c(CN3CCC4(CCNCC4)C3)c1)OCC2. The molecule has 0 aliphatic carbocycles. The Labute approximate surface area is 143 Å². The van der Waals surface area contributed by atoms with Crippen molar-refractivity contribution in [1.29, 1.82) is 0 Å². The Kier molecular flexibility index (Phi) is 4.89. The van der Waals surface area contributed by atoms with Gasteiger partial charge >= 0.3 is 0 Å². The summed E-state index contributed by atoms with van der Waals surface area (Å²) in [7, 11) is 0. The standard InChI is InChI=1S/C17H23ClN2O.ClH/c18-15-9-13-1-8-21-16(13)14(10-15)11-20-7-4-17(12-20)2-5-19-6-3-17;/h9-10,19H,1-8,11-12H2;1H. The van der Waals surface area contributed by atoms with Crippen molar-refractivity contribution in [3.8, 4) is 5.75 Å². The molecular weight excluding hydrogens is 319 g/mol. The number of hydrogen-bond acceptors (Lipinski definition) is 3. The van der Waals surface area contributed by atoms with Crippen LogP contribution in [-0.4, -0.2) is 37.7 Å². The highest BCUT2D eigenvalue weighted by Crippen LogP contribution is 2.40. The third-order valence-corrected chi connectivity index (χ3v) is 5.62. The van der Waals surface area contributed by atoms with Gasteiger partial charge in [0.2, 0.25) is 0 Å². The van der Waals surface area contributed by atoms with E-state index in [0.717, 1.165) is 30.3 Å². The summed E-state index contributed by atoms with van der Waals surface area (Å²) in [5, 5.41) is 4.34. The monoisotopic (exact) mass is 342 g/mol. The fourth-order valence-electron chi connectivity index (χ4n) is 4.23. The van der Waals surface area contributed by atoms with Gasteiger partial charge in [-0.2, -0.15) is 0 Å². The molecule has 1 N–H and O–H groups in total. The second kappa shape index (κ2) is 6.56. The number of halogens is 2. The first kappa shape index (κ1) is 16.4. The minimum atomic E-state index is 0. The number of rotatable bonds is 2. The first-order valence-corrected chi connectivity index (χ1v) is 8.49. The molecule has 1 aromatic carbocycles. The molecule has 0 unspecified atom stereocenters. The summed E-state index contributed by atoms with van der Waals surface area (Å²) in [6.07, 6.45) is 5.00. The molecule has 0 atom stereocenters. The highest BCUT2D eigenvalue weighted by atomic mass is 35.5. The largest absolute Gasteiger partial charge is 0.493 e. The van der Waals surface area contributed by atoms with E-state index in [-0.39, 0.29) is 12.4 Å². The molecule has 3 aliphatic rings. The van der Waals surface area contributed by atoms with Crippen molar-refractivity contribution in [2.75, 3.05) is 32.8 Å². The topological polar surface area (TPSA) is 24.5 Å². The van der Waals surface area contributed by atoms with E-state index in [1.165, 1.54) is 56.6 Å². The predicted molar refractivity (Wildman–Crippen MR) is 92.3 cm³/mol. The highest BCUT2D eigenvalue weighted by molar-refractivity contribution is 6.30. The first-order chi connectivity index (χ1) is 10.2. The molecule has 3 nitrogen and oxygen atoms in total. The van der Waals surface area contributed by atoms with Gasteiger partial charge in [-0.1, -0.05) is 11.6 Å². The van der Waals surface area contributed by atoms with E-state index < -0.39 is 0 Å². The zero-order valence-corrected chi connectivity index (χ0v) is 14.4. The van der Waals surface area contributed by atoms with Gasteiger partial charge in [-0.3, -0.25) is 4.90 Å². The molecule has 0 radical (unpaired) electrons. The van der Waals surface area contributed by atoms with Crippen LogP contribution < -0.4 is 10.1 Å². The average molecular weight is 343 g/mol. The Balaban J connectivity index is 0.00000144. The predicted octanol–water partition coefficient (Wildman–Crippen LogP) is 3.27. The number of fused-ring (bicyclic) bond motifs is 1. The fraction of sp³-hybridized carbons (Fsp3) is 0.647. The van der Waals surface area contributed by atoms with E-state index in [2.05, 4.69) is 22.3 Å². The number of piperidine rings is 1. The van der Waals surface area contributed by atoms with E-state index in [1.54, 1.807) is 0 Å². The van der Waals surface area contributed by atoms with Gasteiger partial charge in [0, 0.05) is 30.1 Å². The van der Waals surface area contributed by atoms with Gasteiger partial charge in [-0.15, -0.1) is 12.4 Å². The summed E-state index contributed by atoms with van der Waals surface area (Å²) in [6, 6.07) is 4.16. The molecule has 1 spiro atoms. The lowest BCUT2D eigenvalue weighted by Crippen LogP contribution is -2.38. The zero-order chi connectivity index (χ0) is 14.3. The zero-order valence-electron chi connectivity index (χ0n) is 12.9. The number of hydrogen-bond donors (Lipinski definition) is 1. The van der Waals surface area contributed by atoms with Crippen LogP contribution in [0.3, 0.4) is 0 Å². The first-order valence-electron chi connectivity index (χ1n) is 8.11. The van der Waals surface area contributed by atoms with Gasteiger partial charge in [-0.05, 0) is 62.0 Å². The van der Waals surface area contributed by atoms with Crippen molar-refractivity contribution >= 4 is 24.0 Å². The van der Waals surface area contributed by atoms with Crippen molar-refractivity contribution in [1.82, 2.24) is 10.2 Å². The number of benzene rings is 1. The maximum Gasteiger partial charge on any atom is 0.127 e. The van der Waals surface area contributed by atoms with E-state index in [1.807, 2.05) is 0 Å². The normalized spacial score (nSPS) is 23.1. The molecule has 0 bridgehead atoms. The Morgan fingerprint density at radius 3 is 2.86 bits per heavy atom. The molecule has 22 heavy (non-hydrogen) atoms. The maximum atomic E-state index is 6.27. The molecule has 1 aromatic rings. The highest BCUT2D eigenvalue weighted by Gasteiger charge is 2.38. The number of likely N-dealkylation sites (tertiary alicyclic amines) is 1. The van der Waals surface area contributed by atoms with Crippen LogP contribution in [0.25, 0.3) is 0 Å². The molecular formula is C17H24Cl2N2O. The molecule has 0 saturated carbocycles. The lowest BCUT2D eigenvalue weighted by molar-refractivity contribution is 0.193. The van der Waals surface area contributed by atoms with Gasteiger partial charge in [0.25, 0.3) is 0 Å². The summed E-state index contributed by atoms with van der Waals surface area (Å²) in [5.41, 5.74) is 3.13. The second-order valence-corrected chi connectivity index (χ2v) is 7.30. The van der Waals surface area contributed by atoms with Crippen molar-refractivity contribution in [2.45, 2.75) is 32.2 Å². The van der Waals surface area contributed by atoms with Crippen molar-refractivity contribution < 1.29 is 4.74 Å². The van der Waals surface area contributed by atoms with Gasteiger partial charge in [0.1, 0.15) is 5.75 Å². The minimum Gasteiger partial charge on any atom is -0.493 e. The average Bonchev–Trinajstić information content (AvgIpc) is 3.07. The van der Waals surface area contributed by atoms with Crippen LogP contribution in [0, 0.1) is 5.41 Å². The van der Waals surface area contributed by atoms with Crippen LogP contribution in [0.4, 0.5) is 0 Å². The van der Waals surface area contributed by atoms with E-state index >= 15 is 0 Å². The molecule has 2 fully saturated rings. The second-order valence-electron chi connectivity index (χ2n) is 6.86. The van der Waals surface area contributed by atoms with Gasteiger partial charge in [0.15, 0.2) is 0 Å². The van der Waals surface area contributed by atoms with E-state index in [9.17, 15) is 0 Å². The summed E-state index contributed by atoms with van der Waals surface area (Å²) >= 11 is 6.27. The Morgan fingerprint density at radius 2 is 2.05 bits per heavy atom. The quantitative estimate of drug-likeness (QED) is 0.892. The molecule has 4 rings (SSSR count). The number of ether oxygens (including phenoxy) is 1. The molecule has 2 saturated heterocycles. The van der Waals surface area contributed by atoms with E-state index in [0.29, 0.717) is 5.41 Å². The minimum absolute atomic E-state index is 0. The third-order valence-electron chi connectivity index (χ3n) is 5.40. The maximum absolute atomic E-state index is 6.27. The lowest BCUT2D eigenvalue weighted by Gasteiger charge is -2.34. The Hall–Kier alpha value is -0.480. The van der Waals surface area contributed by atoms with Gasteiger partial charge in [0.05, 0.1) is 6.61 Å². The summed E-state index contributed by atoms with van der Waals surface area (Å²) in [6.45, 7) is 6.60. The lowest BCUT2D eigenvalue weighted by atomic mass is 9.78. The number of nitrogens with one attached hydrogen (secondary N) is 1. The number of nitrogens with zero attached hydrogens (tertiary/aromatic N) is 1. The molecule has 122 valence electrons. The molecule has 3 heterocycles. The van der Waals surface area contributed by atoms with Crippen LogP contribution in [-0.2, 0) is 13.0 Å². The van der Waals surface area contributed by atoms with Crippen molar-refractivity contribution in [3.05, 3.63) is 28.3 Å². The molecule has 0 aromatic heterocycles. The summed E-state index contributed by atoms with van der Waals surface area (Å²) in [5.74, 6) is 1.10. The van der Waals surface area contributed by atoms with Crippen molar-refractivity contribution in [2.24, 2.45) is 5.41 Å². The van der Waals surface area contributed by atoms with Crippen LogP contribution in [0.1, 0.15) is 30.4 Å². The Morgan fingerprint density at radius 1 is 1.23 bits per heavy atom. The summed E-state index contributed by atoms with van der Waals surface area (Å²) < 4.78 is 5.84. The molecule has 5 heteroatoms. The van der Waals surface area contributed by atoms with Crippen LogP contribution in [0.2, 0.25) is 5.02 Å². The summed E-state index contributed by atoms with van der Waals surface area (Å²) in [4.78, 5) is 2.60. The fourth-order valence-corrected chi connectivity index (χ4v) is 4.50.